The predicted octanol–water partition coefficient (Wildman–Crippen LogP) is 2.25. The molecule has 0 saturated heterocycles. The van der Waals surface area contributed by atoms with Crippen LogP contribution >= 0.6 is 0 Å². The van der Waals surface area contributed by atoms with Gasteiger partial charge in [0.1, 0.15) is 11.6 Å². The maximum absolute atomic E-state index is 4.49. The first kappa shape index (κ1) is 12.4. The van der Waals surface area contributed by atoms with E-state index in [9.17, 15) is 0 Å². The van der Waals surface area contributed by atoms with Gasteiger partial charge in [-0.3, -0.25) is 4.68 Å². The van der Waals surface area contributed by atoms with E-state index in [-0.39, 0.29) is 0 Å². The third-order valence-electron chi connectivity index (χ3n) is 2.68. The average molecular weight is 245 g/mol. The molecular formula is C13H19N5. The minimum Gasteiger partial charge on any atom is -0.370 e. The molecule has 0 fully saturated rings. The number of hydrogen-bond acceptors (Lipinski definition) is 4. The molecule has 5 nitrogen and oxygen atoms in total. The van der Waals surface area contributed by atoms with Crippen LogP contribution in [0.15, 0.2) is 30.5 Å². The van der Waals surface area contributed by atoms with Gasteiger partial charge >= 0.3 is 0 Å². The maximum Gasteiger partial charge on any atom is 0.128 e. The lowest BCUT2D eigenvalue weighted by Gasteiger charge is -2.08. The van der Waals surface area contributed by atoms with Gasteiger partial charge in [0.25, 0.3) is 0 Å². The molecule has 2 heterocycles. The van der Waals surface area contributed by atoms with Crippen molar-refractivity contribution in [2.24, 2.45) is 7.05 Å². The lowest BCUT2D eigenvalue weighted by Crippen LogP contribution is -2.08. The van der Waals surface area contributed by atoms with Crippen molar-refractivity contribution in [3.63, 3.8) is 0 Å². The quantitative estimate of drug-likeness (QED) is 0.819. The van der Waals surface area contributed by atoms with Crippen LogP contribution in [-0.4, -0.2) is 21.3 Å². The third kappa shape index (κ3) is 3.23. The Labute approximate surface area is 107 Å². The molecule has 2 rings (SSSR count). The smallest absolute Gasteiger partial charge is 0.128 e. The van der Waals surface area contributed by atoms with Gasteiger partial charge < -0.3 is 10.6 Å². The maximum atomic E-state index is 4.49. The van der Waals surface area contributed by atoms with Gasteiger partial charge in [-0.05, 0) is 24.6 Å². The fraction of sp³-hybridized carbons (Fsp3) is 0.385. The van der Waals surface area contributed by atoms with Crippen molar-refractivity contribution in [1.29, 1.82) is 0 Å². The lowest BCUT2D eigenvalue weighted by atomic mass is 10.4. The van der Waals surface area contributed by atoms with Crippen LogP contribution in [0.25, 0.3) is 0 Å². The van der Waals surface area contributed by atoms with Crippen molar-refractivity contribution in [1.82, 2.24) is 14.8 Å². The number of rotatable bonds is 6. The van der Waals surface area contributed by atoms with Crippen molar-refractivity contribution in [3.8, 4) is 0 Å². The molecule has 0 bridgehead atoms. The Bertz CT molecular complexity index is 492. The van der Waals surface area contributed by atoms with E-state index in [1.54, 1.807) is 6.20 Å². The fourth-order valence-corrected chi connectivity index (χ4v) is 1.64. The monoisotopic (exact) mass is 245 g/mol. The molecule has 0 aliphatic carbocycles. The van der Waals surface area contributed by atoms with E-state index in [4.69, 9.17) is 0 Å². The Morgan fingerprint density at radius 3 is 2.61 bits per heavy atom. The van der Waals surface area contributed by atoms with Crippen LogP contribution in [0.3, 0.4) is 0 Å². The van der Waals surface area contributed by atoms with E-state index in [1.165, 1.54) is 0 Å². The number of anilines is 2. The van der Waals surface area contributed by atoms with Gasteiger partial charge in [0, 0.05) is 19.8 Å². The summed E-state index contributed by atoms with van der Waals surface area (Å²) in [5.41, 5.74) is 1.13. The van der Waals surface area contributed by atoms with Crippen molar-refractivity contribution < 1.29 is 0 Å². The summed E-state index contributed by atoms with van der Waals surface area (Å²) in [6.07, 6.45) is 2.89. The minimum absolute atomic E-state index is 0.723. The van der Waals surface area contributed by atoms with Crippen LogP contribution in [0.1, 0.15) is 19.0 Å². The molecule has 2 aromatic rings. The summed E-state index contributed by atoms with van der Waals surface area (Å²) in [5.74, 6) is 1.78. The minimum atomic E-state index is 0.723. The first-order valence-corrected chi connectivity index (χ1v) is 6.21. The Balaban J connectivity index is 1.95. The van der Waals surface area contributed by atoms with Gasteiger partial charge in [-0.1, -0.05) is 13.0 Å². The highest BCUT2D eigenvalue weighted by molar-refractivity contribution is 5.45. The molecule has 0 unspecified atom stereocenters. The zero-order valence-electron chi connectivity index (χ0n) is 10.8. The highest BCUT2D eigenvalue weighted by Crippen LogP contribution is 2.10. The first-order chi connectivity index (χ1) is 8.79. The number of aromatic nitrogens is 3. The molecule has 2 N–H and O–H groups in total. The summed E-state index contributed by atoms with van der Waals surface area (Å²) < 4.78 is 1.85. The van der Waals surface area contributed by atoms with Gasteiger partial charge in [0.05, 0.1) is 12.2 Å². The summed E-state index contributed by atoms with van der Waals surface area (Å²) >= 11 is 0. The van der Waals surface area contributed by atoms with E-state index < -0.39 is 0 Å². The van der Waals surface area contributed by atoms with E-state index in [1.807, 2.05) is 36.0 Å². The second-order valence-electron chi connectivity index (χ2n) is 4.13. The summed E-state index contributed by atoms with van der Waals surface area (Å²) in [6, 6.07) is 7.93. The van der Waals surface area contributed by atoms with Crippen LogP contribution in [0, 0.1) is 0 Å². The molecule has 0 amide bonds. The van der Waals surface area contributed by atoms with Gasteiger partial charge in [-0.2, -0.15) is 5.10 Å². The Hall–Kier alpha value is -2.04. The first-order valence-electron chi connectivity index (χ1n) is 6.21. The van der Waals surface area contributed by atoms with Crippen molar-refractivity contribution in [2.75, 3.05) is 17.2 Å². The number of nitrogens with zero attached hydrogens (tertiary/aromatic N) is 3. The molecule has 0 spiro atoms. The lowest BCUT2D eigenvalue weighted by molar-refractivity contribution is 0.720. The number of nitrogens with one attached hydrogen (secondary N) is 2. The molecule has 0 aromatic carbocycles. The largest absolute Gasteiger partial charge is 0.370 e. The zero-order chi connectivity index (χ0) is 12.8. The van der Waals surface area contributed by atoms with Gasteiger partial charge in [0.2, 0.25) is 0 Å². The summed E-state index contributed by atoms with van der Waals surface area (Å²) in [5, 5.41) is 10.7. The highest BCUT2D eigenvalue weighted by Gasteiger charge is 2.00. The molecule has 96 valence electrons. The van der Waals surface area contributed by atoms with E-state index >= 15 is 0 Å². The van der Waals surface area contributed by atoms with Gasteiger partial charge in [0.15, 0.2) is 0 Å². The molecular weight excluding hydrogens is 226 g/mol. The highest BCUT2D eigenvalue weighted by atomic mass is 15.3. The Morgan fingerprint density at radius 2 is 1.94 bits per heavy atom. The topological polar surface area (TPSA) is 54.8 Å². The fourth-order valence-electron chi connectivity index (χ4n) is 1.64. The second kappa shape index (κ2) is 6.05. The Kier molecular flexibility index (Phi) is 4.17. The summed E-state index contributed by atoms with van der Waals surface area (Å²) in [6.45, 7) is 3.80. The van der Waals surface area contributed by atoms with E-state index in [0.29, 0.717) is 0 Å². The van der Waals surface area contributed by atoms with Crippen LogP contribution < -0.4 is 10.6 Å². The average Bonchev–Trinajstić information content (AvgIpc) is 2.80. The summed E-state index contributed by atoms with van der Waals surface area (Å²) in [4.78, 5) is 4.49. The number of aryl methyl sites for hydroxylation is 1. The molecule has 0 radical (unpaired) electrons. The van der Waals surface area contributed by atoms with Gasteiger partial charge in [-0.25, -0.2) is 4.98 Å². The second-order valence-corrected chi connectivity index (χ2v) is 4.13. The molecule has 0 aliphatic heterocycles. The van der Waals surface area contributed by atoms with E-state index in [0.717, 1.165) is 36.8 Å². The molecule has 2 aromatic heterocycles. The van der Waals surface area contributed by atoms with E-state index in [2.05, 4.69) is 27.6 Å². The van der Waals surface area contributed by atoms with Crippen LogP contribution in [0.4, 0.5) is 11.6 Å². The molecule has 0 atom stereocenters. The predicted molar refractivity (Wildman–Crippen MR) is 73.6 cm³/mol. The molecule has 5 heteroatoms. The van der Waals surface area contributed by atoms with Gasteiger partial charge in [-0.15, -0.1) is 0 Å². The number of pyridine rings is 1. The number of hydrogen-bond donors (Lipinski definition) is 2. The molecule has 18 heavy (non-hydrogen) atoms. The van der Waals surface area contributed by atoms with Crippen molar-refractivity contribution in [3.05, 3.63) is 36.2 Å². The standard InChI is InChI=1S/C13H19N5/c1-3-8-14-12-5-4-6-13(17-12)15-10-11-7-9-16-18(11)2/h4-7,9H,3,8,10H2,1-2H3,(H2,14,15,17). The molecule has 0 saturated carbocycles. The van der Waals surface area contributed by atoms with Crippen molar-refractivity contribution >= 4 is 11.6 Å². The SMILES string of the molecule is CCCNc1cccc(NCc2ccnn2C)n1. The third-order valence-corrected chi connectivity index (χ3v) is 2.68. The van der Waals surface area contributed by atoms with Crippen molar-refractivity contribution in [2.45, 2.75) is 19.9 Å². The summed E-state index contributed by atoms with van der Waals surface area (Å²) in [7, 11) is 1.93. The zero-order valence-corrected chi connectivity index (χ0v) is 10.8. The van der Waals surface area contributed by atoms with Crippen LogP contribution in [0.5, 0.6) is 0 Å². The normalized spacial score (nSPS) is 10.3. The van der Waals surface area contributed by atoms with Crippen LogP contribution in [0.2, 0.25) is 0 Å². The van der Waals surface area contributed by atoms with Crippen LogP contribution in [-0.2, 0) is 13.6 Å². The Morgan fingerprint density at radius 1 is 1.17 bits per heavy atom. The molecule has 0 aliphatic rings.